The van der Waals surface area contributed by atoms with Crippen molar-refractivity contribution in [3.63, 3.8) is 0 Å². The number of anilines is 1. The highest BCUT2D eigenvalue weighted by Crippen LogP contribution is 2.20. The van der Waals surface area contributed by atoms with Gasteiger partial charge in [0.1, 0.15) is 0 Å². The molecule has 1 aromatic rings. The van der Waals surface area contributed by atoms with Crippen LogP contribution >= 0.6 is 15.9 Å². The number of nitrogens with two attached hydrogens (primary N) is 1. The van der Waals surface area contributed by atoms with Gasteiger partial charge in [0, 0.05) is 23.2 Å². The summed E-state index contributed by atoms with van der Waals surface area (Å²) in [6.07, 6.45) is 1.61. The Bertz CT molecular complexity index is 421. The summed E-state index contributed by atoms with van der Waals surface area (Å²) in [5.74, 6) is -0.210. The van der Waals surface area contributed by atoms with Crippen LogP contribution < -0.4 is 5.73 Å². The molecule has 0 radical (unpaired) electrons. The van der Waals surface area contributed by atoms with Gasteiger partial charge in [-0.05, 0) is 18.2 Å². The van der Waals surface area contributed by atoms with Crippen molar-refractivity contribution in [2.45, 2.75) is 0 Å². The van der Waals surface area contributed by atoms with Crippen LogP contribution in [0.5, 0.6) is 0 Å². The van der Waals surface area contributed by atoms with E-state index in [1.54, 1.807) is 24.3 Å². The minimum Gasteiger partial charge on any atom is -0.398 e. The number of aliphatic hydroxyl groups excluding tert-OH is 1. The molecule has 0 aliphatic rings. The topological polar surface area (TPSA) is 66.6 Å². The number of carbonyl (C=O) groups is 1. The predicted octanol–water partition coefficient (Wildman–Crippen LogP) is 1.65. The first kappa shape index (κ1) is 13.7. The second-order valence-electron chi connectivity index (χ2n) is 3.50. The maximum atomic E-state index is 12.2. The predicted molar refractivity (Wildman–Crippen MR) is 71.7 cm³/mol. The molecule has 0 saturated heterocycles. The maximum absolute atomic E-state index is 12.2. The molecule has 0 unspecified atom stereocenters. The first-order chi connectivity index (χ1) is 8.10. The van der Waals surface area contributed by atoms with Gasteiger partial charge in [0.05, 0.1) is 12.2 Å². The van der Waals surface area contributed by atoms with Gasteiger partial charge in [0.2, 0.25) is 0 Å². The Morgan fingerprint density at radius 2 is 2.29 bits per heavy atom. The quantitative estimate of drug-likeness (QED) is 0.642. The lowest BCUT2D eigenvalue weighted by Crippen LogP contribution is -2.34. The van der Waals surface area contributed by atoms with Crippen LogP contribution in [0.3, 0.4) is 0 Å². The van der Waals surface area contributed by atoms with E-state index in [1.165, 1.54) is 4.90 Å². The SMILES string of the molecule is C=CCN(CCO)C(=O)c1cc(Br)ccc1N. The average molecular weight is 299 g/mol. The Labute approximate surface area is 109 Å². The number of nitrogens with zero attached hydrogens (tertiary/aromatic N) is 1. The van der Waals surface area contributed by atoms with Gasteiger partial charge in [-0.15, -0.1) is 6.58 Å². The molecule has 92 valence electrons. The number of hydrogen-bond acceptors (Lipinski definition) is 3. The molecule has 0 aliphatic carbocycles. The molecule has 4 nitrogen and oxygen atoms in total. The Hall–Kier alpha value is -1.33. The summed E-state index contributed by atoms with van der Waals surface area (Å²) in [4.78, 5) is 13.7. The van der Waals surface area contributed by atoms with Gasteiger partial charge in [-0.3, -0.25) is 4.79 Å². The fraction of sp³-hybridized carbons (Fsp3) is 0.250. The van der Waals surface area contributed by atoms with Gasteiger partial charge in [0.25, 0.3) is 5.91 Å². The van der Waals surface area contributed by atoms with E-state index in [0.29, 0.717) is 17.8 Å². The zero-order valence-corrected chi connectivity index (χ0v) is 11.0. The summed E-state index contributed by atoms with van der Waals surface area (Å²) < 4.78 is 0.789. The van der Waals surface area contributed by atoms with Crippen molar-refractivity contribution in [1.82, 2.24) is 4.90 Å². The number of rotatable bonds is 5. The number of hydrogen-bond donors (Lipinski definition) is 2. The van der Waals surface area contributed by atoms with Crippen LogP contribution in [0.15, 0.2) is 35.3 Å². The number of carbonyl (C=O) groups excluding carboxylic acids is 1. The van der Waals surface area contributed by atoms with E-state index in [-0.39, 0.29) is 19.1 Å². The van der Waals surface area contributed by atoms with Crippen LogP contribution in [0, 0.1) is 0 Å². The largest absolute Gasteiger partial charge is 0.398 e. The molecule has 0 aromatic heterocycles. The number of halogens is 1. The molecule has 5 heteroatoms. The summed E-state index contributed by atoms with van der Waals surface area (Å²) in [5.41, 5.74) is 6.61. The molecule has 0 atom stereocenters. The van der Waals surface area contributed by atoms with Crippen LogP contribution in [0.2, 0.25) is 0 Å². The average Bonchev–Trinajstić information content (AvgIpc) is 2.31. The third kappa shape index (κ3) is 3.57. The van der Waals surface area contributed by atoms with E-state index in [4.69, 9.17) is 10.8 Å². The molecule has 1 aromatic carbocycles. The van der Waals surface area contributed by atoms with Crippen LogP contribution in [-0.4, -0.2) is 35.6 Å². The molecule has 0 fully saturated rings. The van der Waals surface area contributed by atoms with E-state index >= 15 is 0 Å². The van der Waals surface area contributed by atoms with Crippen LogP contribution in [0.25, 0.3) is 0 Å². The molecule has 1 rings (SSSR count). The van der Waals surface area contributed by atoms with Gasteiger partial charge in [0.15, 0.2) is 0 Å². The number of benzene rings is 1. The smallest absolute Gasteiger partial charge is 0.256 e. The second-order valence-corrected chi connectivity index (χ2v) is 4.41. The zero-order chi connectivity index (χ0) is 12.8. The second kappa shape index (κ2) is 6.42. The molecule has 0 aliphatic heterocycles. The minimum atomic E-state index is -0.210. The molecule has 0 spiro atoms. The van der Waals surface area contributed by atoms with Crippen LogP contribution in [-0.2, 0) is 0 Å². The van der Waals surface area contributed by atoms with Gasteiger partial charge in [-0.25, -0.2) is 0 Å². The highest BCUT2D eigenvalue weighted by atomic mass is 79.9. The van der Waals surface area contributed by atoms with Crippen molar-refractivity contribution in [1.29, 1.82) is 0 Å². The molecular weight excluding hydrogens is 284 g/mol. The van der Waals surface area contributed by atoms with Gasteiger partial charge < -0.3 is 15.7 Å². The monoisotopic (exact) mass is 298 g/mol. The fourth-order valence-corrected chi connectivity index (χ4v) is 1.80. The Morgan fingerprint density at radius 3 is 2.88 bits per heavy atom. The summed E-state index contributed by atoms with van der Waals surface area (Å²) >= 11 is 3.30. The lowest BCUT2D eigenvalue weighted by molar-refractivity contribution is 0.0744. The minimum absolute atomic E-state index is 0.0898. The van der Waals surface area contributed by atoms with Gasteiger partial charge in [-0.2, -0.15) is 0 Å². The summed E-state index contributed by atoms with van der Waals surface area (Å²) in [6.45, 7) is 4.13. The maximum Gasteiger partial charge on any atom is 0.256 e. The third-order valence-corrected chi connectivity index (χ3v) is 2.75. The van der Waals surface area contributed by atoms with Crippen molar-refractivity contribution in [3.05, 3.63) is 40.9 Å². The van der Waals surface area contributed by atoms with Crippen molar-refractivity contribution in [3.8, 4) is 0 Å². The molecule has 0 heterocycles. The zero-order valence-electron chi connectivity index (χ0n) is 9.40. The number of amides is 1. The van der Waals surface area contributed by atoms with Gasteiger partial charge >= 0.3 is 0 Å². The molecular formula is C12H15BrN2O2. The van der Waals surface area contributed by atoms with Crippen molar-refractivity contribution in [2.75, 3.05) is 25.4 Å². The molecule has 1 amide bonds. The summed E-state index contributed by atoms with van der Waals surface area (Å²) in [5, 5.41) is 8.91. The standard InChI is InChI=1S/C12H15BrN2O2/c1-2-5-15(6-7-16)12(17)10-8-9(13)3-4-11(10)14/h2-4,8,16H,1,5-7,14H2. The number of nitrogen functional groups attached to an aromatic ring is 1. The molecule has 0 saturated carbocycles. The van der Waals surface area contributed by atoms with Crippen molar-refractivity contribution < 1.29 is 9.90 Å². The molecule has 3 N–H and O–H groups in total. The highest BCUT2D eigenvalue weighted by Gasteiger charge is 2.16. The lowest BCUT2D eigenvalue weighted by Gasteiger charge is -2.20. The Morgan fingerprint density at radius 1 is 1.59 bits per heavy atom. The normalized spacial score (nSPS) is 10.0. The highest BCUT2D eigenvalue weighted by molar-refractivity contribution is 9.10. The van der Waals surface area contributed by atoms with E-state index in [0.717, 1.165) is 4.47 Å². The van der Waals surface area contributed by atoms with Crippen molar-refractivity contribution in [2.24, 2.45) is 0 Å². The first-order valence-corrected chi connectivity index (χ1v) is 5.95. The van der Waals surface area contributed by atoms with Gasteiger partial charge in [-0.1, -0.05) is 22.0 Å². The Balaban J connectivity index is 2.99. The number of aliphatic hydroxyl groups is 1. The van der Waals surface area contributed by atoms with Crippen molar-refractivity contribution >= 4 is 27.5 Å². The van der Waals surface area contributed by atoms with E-state index in [1.807, 2.05) is 0 Å². The Kier molecular flexibility index (Phi) is 5.18. The van der Waals surface area contributed by atoms with Crippen LogP contribution in [0.4, 0.5) is 5.69 Å². The summed E-state index contributed by atoms with van der Waals surface area (Å²) in [6, 6.07) is 5.11. The fourth-order valence-electron chi connectivity index (χ4n) is 1.44. The van der Waals surface area contributed by atoms with Crippen LogP contribution in [0.1, 0.15) is 10.4 Å². The third-order valence-electron chi connectivity index (χ3n) is 2.25. The molecule has 0 bridgehead atoms. The summed E-state index contributed by atoms with van der Waals surface area (Å²) in [7, 11) is 0. The lowest BCUT2D eigenvalue weighted by atomic mass is 10.1. The molecule has 17 heavy (non-hydrogen) atoms. The van der Waals surface area contributed by atoms with E-state index < -0.39 is 0 Å². The van der Waals surface area contributed by atoms with E-state index in [9.17, 15) is 4.79 Å². The first-order valence-electron chi connectivity index (χ1n) is 5.16. The van der Waals surface area contributed by atoms with E-state index in [2.05, 4.69) is 22.5 Å².